The lowest BCUT2D eigenvalue weighted by atomic mass is 9.91. The number of ether oxygens (including phenoxy) is 2. The number of rotatable bonds is 11. The zero-order valence-electron chi connectivity index (χ0n) is 28.7. The van der Waals surface area contributed by atoms with Crippen LogP contribution in [0.25, 0.3) is 0 Å². The molecule has 4 N–H and O–H groups in total. The maximum Gasteiger partial charge on any atom is 0.410 e. The Morgan fingerprint density at radius 1 is 1.08 bits per heavy atom. The highest BCUT2D eigenvalue weighted by Crippen LogP contribution is 2.39. The summed E-state index contributed by atoms with van der Waals surface area (Å²) in [7, 11) is 1.47. The van der Waals surface area contributed by atoms with Crippen molar-refractivity contribution in [3.05, 3.63) is 93.2 Å². The second-order valence-corrected chi connectivity index (χ2v) is 13.8. The van der Waals surface area contributed by atoms with Crippen molar-refractivity contribution in [3.63, 3.8) is 0 Å². The lowest BCUT2D eigenvalue weighted by molar-refractivity contribution is -0.130. The Bertz CT molecular complexity index is 1680. The Labute approximate surface area is 280 Å². The number of hydrogen-bond donors (Lipinski definition) is 3. The van der Waals surface area contributed by atoms with Crippen LogP contribution in [0.1, 0.15) is 63.9 Å². The molecule has 1 aliphatic heterocycles. The molecular weight excluding hydrogens is 617 g/mol. The van der Waals surface area contributed by atoms with Crippen LogP contribution in [0.5, 0.6) is 5.75 Å². The van der Waals surface area contributed by atoms with Crippen molar-refractivity contribution in [1.29, 1.82) is 0 Å². The van der Waals surface area contributed by atoms with E-state index in [0.29, 0.717) is 35.8 Å². The van der Waals surface area contributed by atoms with Gasteiger partial charge >= 0.3 is 6.09 Å². The number of pyridine rings is 1. The van der Waals surface area contributed by atoms with Gasteiger partial charge in [-0.2, -0.15) is 0 Å². The molecule has 4 rings (SSSR count). The second-order valence-electron chi connectivity index (χ2n) is 13.8. The number of anilines is 1. The molecule has 3 amide bonds. The van der Waals surface area contributed by atoms with Crippen LogP contribution in [0.4, 0.5) is 14.9 Å². The van der Waals surface area contributed by atoms with Crippen molar-refractivity contribution in [3.8, 4) is 5.75 Å². The molecule has 0 unspecified atom stereocenters. The van der Waals surface area contributed by atoms with E-state index < -0.39 is 35.1 Å². The smallest absolute Gasteiger partial charge is 0.410 e. The predicted octanol–water partition coefficient (Wildman–Crippen LogP) is 4.05. The Morgan fingerprint density at radius 2 is 1.71 bits per heavy atom. The molecule has 258 valence electrons. The Hall–Kier alpha value is -4.71. The summed E-state index contributed by atoms with van der Waals surface area (Å²) in [6.07, 6.45) is -0.296. The van der Waals surface area contributed by atoms with Crippen LogP contribution in [-0.4, -0.2) is 72.2 Å². The summed E-state index contributed by atoms with van der Waals surface area (Å²) in [5.41, 5.74) is 6.96. The molecule has 0 saturated carbocycles. The van der Waals surface area contributed by atoms with E-state index in [1.807, 2.05) is 26.0 Å². The van der Waals surface area contributed by atoms with Crippen molar-refractivity contribution < 1.29 is 28.2 Å². The molecule has 11 nitrogen and oxygen atoms in total. The van der Waals surface area contributed by atoms with Crippen LogP contribution in [0.15, 0.2) is 59.4 Å². The number of H-pyrrole nitrogens is 1. The first-order valence-corrected chi connectivity index (χ1v) is 16.0. The zero-order valence-corrected chi connectivity index (χ0v) is 28.7. The van der Waals surface area contributed by atoms with Crippen molar-refractivity contribution in [2.24, 2.45) is 5.73 Å². The van der Waals surface area contributed by atoms with Gasteiger partial charge < -0.3 is 30.4 Å². The number of carbonyl (C=O) groups is 3. The molecule has 0 spiro atoms. The highest BCUT2D eigenvalue weighted by atomic mass is 19.1. The van der Waals surface area contributed by atoms with Gasteiger partial charge in [-0.1, -0.05) is 38.1 Å². The third-order valence-corrected chi connectivity index (χ3v) is 8.20. The normalized spacial score (nSPS) is 14.9. The predicted molar refractivity (Wildman–Crippen MR) is 182 cm³/mol. The van der Waals surface area contributed by atoms with E-state index >= 15 is 0 Å². The van der Waals surface area contributed by atoms with E-state index in [1.165, 1.54) is 24.1 Å². The molecule has 0 aliphatic carbocycles. The fourth-order valence-corrected chi connectivity index (χ4v) is 5.48. The monoisotopic (exact) mass is 663 g/mol. The summed E-state index contributed by atoms with van der Waals surface area (Å²) >= 11 is 0. The molecule has 1 aromatic heterocycles. The number of nitrogens with one attached hydrogen (secondary N) is 2. The minimum atomic E-state index is -1.03. The molecule has 2 heterocycles. The van der Waals surface area contributed by atoms with Gasteiger partial charge in [-0.15, -0.1) is 0 Å². The third kappa shape index (κ3) is 8.80. The molecule has 0 saturated heterocycles. The summed E-state index contributed by atoms with van der Waals surface area (Å²) in [4.78, 5) is 59.7. The largest absolute Gasteiger partial charge is 0.492 e. The van der Waals surface area contributed by atoms with E-state index in [1.54, 1.807) is 62.9 Å². The molecule has 0 fully saturated rings. The van der Waals surface area contributed by atoms with Gasteiger partial charge in [0.1, 0.15) is 35.9 Å². The fourth-order valence-electron chi connectivity index (χ4n) is 5.48. The first-order valence-electron chi connectivity index (χ1n) is 16.0. The first kappa shape index (κ1) is 36.1. The van der Waals surface area contributed by atoms with E-state index in [4.69, 9.17) is 15.2 Å². The Balaban J connectivity index is 1.66. The number of halogens is 1. The molecule has 3 aromatic rings. The average Bonchev–Trinajstić information content (AvgIpc) is 3.28. The molecule has 2 aromatic carbocycles. The summed E-state index contributed by atoms with van der Waals surface area (Å²) < 4.78 is 24.5. The molecular formula is C36H46FN5O6. The molecule has 12 heteroatoms. The molecule has 1 aliphatic rings. The van der Waals surface area contributed by atoms with Crippen LogP contribution < -0.4 is 26.2 Å². The van der Waals surface area contributed by atoms with Crippen LogP contribution >= 0.6 is 0 Å². The second kappa shape index (κ2) is 14.6. The van der Waals surface area contributed by atoms with Gasteiger partial charge in [-0.3, -0.25) is 19.3 Å². The van der Waals surface area contributed by atoms with Crippen molar-refractivity contribution in [2.75, 3.05) is 31.6 Å². The topological polar surface area (TPSA) is 147 Å². The number of fused-ring (bicyclic) bond motifs is 1. The summed E-state index contributed by atoms with van der Waals surface area (Å²) in [5.74, 6) is -0.679. The summed E-state index contributed by atoms with van der Waals surface area (Å²) in [5, 5.41) is 2.88. The summed E-state index contributed by atoms with van der Waals surface area (Å²) in [6.45, 7) is 11.6. The van der Waals surface area contributed by atoms with Gasteiger partial charge in [0.2, 0.25) is 11.8 Å². The first-order chi connectivity index (χ1) is 22.5. The van der Waals surface area contributed by atoms with Crippen LogP contribution in [0.3, 0.4) is 0 Å². The van der Waals surface area contributed by atoms with E-state index in [0.717, 1.165) is 11.1 Å². The zero-order chi connectivity index (χ0) is 35.4. The van der Waals surface area contributed by atoms with Gasteiger partial charge in [-0.25, -0.2) is 9.18 Å². The van der Waals surface area contributed by atoms with Crippen LogP contribution in [0.2, 0.25) is 0 Å². The van der Waals surface area contributed by atoms with Gasteiger partial charge in [0, 0.05) is 49.7 Å². The Kier molecular flexibility index (Phi) is 11.0. The van der Waals surface area contributed by atoms with E-state index in [9.17, 15) is 23.6 Å². The number of likely N-dealkylation sites (N-methyl/N-ethyl adjacent to an activating group) is 1. The number of hydrogen-bond acceptors (Lipinski definition) is 7. The average molecular weight is 664 g/mol. The fraction of sp³-hybridized carbons (Fsp3) is 0.444. The Morgan fingerprint density at radius 3 is 2.31 bits per heavy atom. The molecule has 0 bridgehead atoms. The number of amides is 3. The number of nitrogens with zero attached hydrogens (tertiary/aromatic N) is 2. The number of aromatic nitrogens is 1. The van der Waals surface area contributed by atoms with Crippen molar-refractivity contribution in [2.45, 2.75) is 77.5 Å². The van der Waals surface area contributed by atoms with Crippen LogP contribution in [0, 0.1) is 5.82 Å². The minimum absolute atomic E-state index is 0.142. The highest BCUT2D eigenvalue weighted by molar-refractivity contribution is 6.02. The van der Waals surface area contributed by atoms with Crippen LogP contribution in [-0.2, 0) is 32.6 Å². The number of benzene rings is 2. The van der Waals surface area contributed by atoms with Crippen molar-refractivity contribution >= 4 is 23.6 Å². The summed E-state index contributed by atoms with van der Waals surface area (Å²) in [6, 6.07) is 12.8. The van der Waals surface area contributed by atoms with Gasteiger partial charge in [0.25, 0.3) is 5.56 Å². The van der Waals surface area contributed by atoms with Crippen molar-refractivity contribution in [1.82, 2.24) is 15.2 Å². The SMILES string of the molecule is C[C@@H](C(=O)N[C@@H](Cc1ccc(OCCN)cc1)C(=O)N1CC(C)(C)c2[nH]c(=O)c(Cc3ccc(F)cc3)cc21)N(C)C(=O)OC(C)(C)C. The highest BCUT2D eigenvalue weighted by Gasteiger charge is 2.42. The standard InChI is InChI=1S/C36H46FN5O6/c1-22(41(7)34(46)48-35(2,3)4)31(43)39-28(19-24-10-14-27(15-11-24)47-17-16-38)33(45)42-21-36(5,6)30-29(42)20-25(32(44)40-30)18-23-8-12-26(37)13-9-23/h8-15,20,22,28H,16-19,21,38H2,1-7H3,(H,39,43)(H,40,44)/t22-,28-/m0/s1. The van der Waals surface area contributed by atoms with E-state index in [2.05, 4.69) is 10.3 Å². The maximum absolute atomic E-state index is 14.5. The number of aromatic amines is 1. The maximum atomic E-state index is 14.5. The number of carbonyl (C=O) groups excluding carboxylic acids is 3. The van der Waals surface area contributed by atoms with Gasteiger partial charge in [-0.05, 0) is 69.2 Å². The lowest BCUT2D eigenvalue weighted by Gasteiger charge is -2.30. The quantitative estimate of drug-likeness (QED) is 0.281. The number of nitrogens with two attached hydrogens (primary N) is 1. The molecule has 48 heavy (non-hydrogen) atoms. The third-order valence-electron chi connectivity index (χ3n) is 8.20. The minimum Gasteiger partial charge on any atom is -0.492 e. The molecule has 0 radical (unpaired) electrons. The molecule has 2 atom stereocenters. The van der Waals surface area contributed by atoms with Gasteiger partial charge in [0.15, 0.2) is 0 Å². The van der Waals surface area contributed by atoms with Gasteiger partial charge in [0.05, 0.1) is 5.69 Å². The van der Waals surface area contributed by atoms with E-state index in [-0.39, 0.29) is 36.7 Å². The lowest BCUT2D eigenvalue weighted by Crippen LogP contribution is -2.55.